The van der Waals surface area contributed by atoms with Gasteiger partial charge in [-0.05, 0) is 25.5 Å². The SMILES string of the molecule is CNC(=O)C(=NOC)c1ccccc1COc1ncc(C2=NC(C)(C)CO2)cc1Cl. The van der Waals surface area contributed by atoms with Crippen LogP contribution in [0, 0.1) is 0 Å². The maximum atomic E-state index is 12.2. The van der Waals surface area contributed by atoms with Crippen molar-refractivity contribution in [3.63, 3.8) is 0 Å². The van der Waals surface area contributed by atoms with E-state index in [2.05, 4.69) is 20.4 Å². The van der Waals surface area contributed by atoms with Gasteiger partial charge >= 0.3 is 0 Å². The van der Waals surface area contributed by atoms with Gasteiger partial charge in [-0.3, -0.25) is 4.79 Å². The summed E-state index contributed by atoms with van der Waals surface area (Å²) in [6, 6.07) is 8.94. The summed E-state index contributed by atoms with van der Waals surface area (Å²) in [6.45, 7) is 4.62. The second kappa shape index (κ2) is 9.13. The zero-order valence-corrected chi connectivity index (χ0v) is 18.0. The summed E-state index contributed by atoms with van der Waals surface area (Å²) in [5.41, 5.74) is 1.87. The normalized spacial score (nSPS) is 15.2. The number of hydrogen-bond donors (Lipinski definition) is 1. The number of amides is 1. The molecule has 0 fully saturated rings. The van der Waals surface area contributed by atoms with Crippen LogP contribution in [0.5, 0.6) is 5.88 Å². The molecule has 1 N–H and O–H groups in total. The molecule has 1 aliphatic rings. The Labute approximate surface area is 179 Å². The molecule has 1 aromatic carbocycles. The molecule has 0 unspecified atom stereocenters. The molecule has 2 aromatic rings. The van der Waals surface area contributed by atoms with Gasteiger partial charge in [0, 0.05) is 18.8 Å². The van der Waals surface area contributed by atoms with Gasteiger partial charge in [0.15, 0.2) is 5.71 Å². The van der Waals surface area contributed by atoms with E-state index >= 15 is 0 Å². The van der Waals surface area contributed by atoms with Crippen LogP contribution in [0.1, 0.15) is 30.5 Å². The summed E-state index contributed by atoms with van der Waals surface area (Å²) in [6.07, 6.45) is 1.61. The van der Waals surface area contributed by atoms with Crippen LogP contribution in [0.3, 0.4) is 0 Å². The largest absolute Gasteiger partial charge is 0.475 e. The maximum absolute atomic E-state index is 12.2. The summed E-state index contributed by atoms with van der Waals surface area (Å²) in [7, 11) is 2.91. The first-order chi connectivity index (χ1) is 14.3. The maximum Gasteiger partial charge on any atom is 0.273 e. The zero-order valence-electron chi connectivity index (χ0n) is 17.2. The van der Waals surface area contributed by atoms with E-state index in [9.17, 15) is 4.79 Å². The fraction of sp³-hybridized carbons (Fsp3) is 0.333. The predicted molar refractivity (Wildman–Crippen MR) is 114 cm³/mol. The number of nitrogens with zero attached hydrogens (tertiary/aromatic N) is 3. The highest BCUT2D eigenvalue weighted by molar-refractivity contribution is 6.45. The first-order valence-electron chi connectivity index (χ1n) is 9.27. The summed E-state index contributed by atoms with van der Waals surface area (Å²) in [5.74, 6) is 0.403. The molecule has 30 heavy (non-hydrogen) atoms. The topological polar surface area (TPSA) is 94.4 Å². The lowest BCUT2D eigenvalue weighted by molar-refractivity contribution is -0.114. The van der Waals surface area contributed by atoms with Crippen LogP contribution in [0.15, 0.2) is 46.7 Å². The molecule has 0 saturated heterocycles. The highest BCUT2D eigenvalue weighted by Crippen LogP contribution is 2.27. The molecule has 0 radical (unpaired) electrons. The number of hydrogen-bond acceptors (Lipinski definition) is 7. The Morgan fingerprint density at radius 3 is 2.77 bits per heavy atom. The van der Waals surface area contributed by atoms with Crippen LogP contribution in [0.2, 0.25) is 5.02 Å². The van der Waals surface area contributed by atoms with Gasteiger partial charge in [-0.15, -0.1) is 0 Å². The van der Waals surface area contributed by atoms with Gasteiger partial charge in [-0.2, -0.15) is 0 Å². The van der Waals surface area contributed by atoms with Gasteiger partial charge in [-0.1, -0.05) is 41.0 Å². The van der Waals surface area contributed by atoms with Crippen LogP contribution < -0.4 is 10.1 Å². The third-order valence-electron chi connectivity index (χ3n) is 4.28. The number of likely N-dealkylation sites (N-methyl/N-ethyl adjacent to an activating group) is 1. The van der Waals surface area contributed by atoms with Crippen molar-refractivity contribution in [3.05, 3.63) is 58.2 Å². The number of aromatic nitrogens is 1. The molecule has 8 nitrogen and oxygen atoms in total. The van der Waals surface area contributed by atoms with Gasteiger partial charge < -0.3 is 19.6 Å². The van der Waals surface area contributed by atoms with E-state index in [0.717, 1.165) is 5.56 Å². The van der Waals surface area contributed by atoms with E-state index in [-0.39, 0.29) is 29.6 Å². The molecule has 0 atom stereocenters. The molecule has 9 heteroatoms. The number of oxime groups is 1. The van der Waals surface area contributed by atoms with Crippen LogP contribution in [-0.4, -0.2) is 48.8 Å². The quantitative estimate of drug-likeness (QED) is 0.538. The number of halogens is 1. The number of rotatable bonds is 7. The van der Waals surface area contributed by atoms with Crippen LogP contribution in [0.4, 0.5) is 0 Å². The van der Waals surface area contributed by atoms with Crippen molar-refractivity contribution in [1.29, 1.82) is 0 Å². The van der Waals surface area contributed by atoms with Gasteiger partial charge in [0.05, 0.1) is 11.1 Å². The first-order valence-corrected chi connectivity index (χ1v) is 9.65. The lowest BCUT2D eigenvalue weighted by Crippen LogP contribution is -2.29. The van der Waals surface area contributed by atoms with Crippen molar-refractivity contribution < 1.29 is 19.1 Å². The minimum absolute atomic E-state index is 0.131. The molecule has 0 spiro atoms. The third kappa shape index (κ3) is 4.88. The highest BCUT2D eigenvalue weighted by atomic mass is 35.5. The van der Waals surface area contributed by atoms with Crippen molar-refractivity contribution in [3.8, 4) is 5.88 Å². The van der Waals surface area contributed by atoms with Gasteiger partial charge in [0.1, 0.15) is 25.3 Å². The molecule has 1 amide bonds. The lowest BCUT2D eigenvalue weighted by atomic mass is 10.0. The molecule has 0 saturated carbocycles. The van der Waals surface area contributed by atoms with Crippen molar-refractivity contribution in [1.82, 2.24) is 10.3 Å². The fourth-order valence-electron chi connectivity index (χ4n) is 2.83. The molecule has 1 aromatic heterocycles. The van der Waals surface area contributed by atoms with E-state index in [4.69, 9.17) is 25.9 Å². The van der Waals surface area contributed by atoms with Crippen molar-refractivity contribution >= 4 is 29.1 Å². The number of benzene rings is 1. The second-order valence-electron chi connectivity index (χ2n) is 7.18. The summed E-state index contributed by atoms with van der Waals surface area (Å²) >= 11 is 6.36. The Bertz CT molecular complexity index is 1000. The summed E-state index contributed by atoms with van der Waals surface area (Å²) in [4.78, 5) is 25.8. The lowest BCUT2D eigenvalue weighted by Gasteiger charge is -2.12. The number of aliphatic imine (C=N–C) groups is 1. The first kappa shape index (κ1) is 21.6. The number of carbonyl (C=O) groups is 1. The molecule has 2 heterocycles. The minimum Gasteiger partial charge on any atom is -0.475 e. The van der Waals surface area contributed by atoms with Crippen molar-refractivity contribution in [2.24, 2.45) is 10.1 Å². The Morgan fingerprint density at radius 2 is 2.13 bits per heavy atom. The number of pyridine rings is 1. The second-order valence-corrected chi connectivity index (χ2v) is 7.58. The molecular formula is C21H23ClN4O4. The smallest absolute Gasteiger partial charge is 0.273 e. The monoisotopic (exact) mass is 430 g/mol. The molecule has 0 bridgehead atoms. The summed E-state index contributed by atoms with van der Waals surface area (Å²) in [5, 5.41) is 6.73. The number of carbonyl (C=O) groups excluding carboxylic acids is 1. The van der Waals surface area contributed by atoms with Crippen LogP contribution in [0.25, 0.3) is 0 Å². The third-order valence-corrected chi connectivity index (χ3v) is 4.55. The Balaban J connectivity index is 1.80. The fourth-order valence-corrected chi connectivity index (χ4v) is 3.05. The Morgan fingerprint density at radius 1 is 1.37 bits per heavy atom. The standard InChI is InChI=1S/C21H23ClN4O4/c1-21(2)12-30-19(25-21)14-9-16(22)20(24-10-14)29-11-13-7-5-6-8-15(13)17(26-28-4)18(27)23-3/h5-10H,11-12H2,1-4H3,(H,23,27). The van der Waals surface area contributed by atoms with E-state index in [0.29, 0.717) is 28.7 Å². The molecule has 3 rings (SSSR count). The minimum atomic E-state index is -0.370. The molecular weight excluding hydrogens is 408 g/mol. The van der Waals surface area contributed by atoms with Crippen LogP contribution >= 0.6 is 11.6 Å². The van der Waals surface area contributed by atoms with Gasteiger partial charge in [0.25, 0.3) is 5.91 Å². The van der Waals surface area contributed by atoms with E-state index in [1.807, 2.05) is 26.0 Å². The van der Waals surface area contributed by atoms with Crippen molar-refractivity contribution in [2.75, 3.05) is 20.8 Å². The van der Waals surface area contributed by atoms with E-state index in [1.165, 1.54) is 14.2 Å². The average molecular weight is 431 g/mol. The molecule has 158 valence electrons. The predicted octanol–water partition coefficient (Wildman–Crippen LogP) is 2.97. The number of nitrogens with one attached hydrogen (secondary N) is 1. The highest BCUT2D eigenvalue weighted by Gasteiger charge is 2.27. The van der Waals surface area contributed by atoms with E-state index < -0.39 is 0 Å². The molecule has 1 aliphatic heterocycles. The Kier molecular flexibility index (Phi) is 6.56. The van der Waals surface area contributed by atoms with Gasteiger partial charge in [-0.25, -0.2) is 9.98 Å². The molecule has 0 aliphatic carbocycles. The van der Waals surface area contributed by atoms with Crippen LogP contribution in [-0.2, 0) is 21.0 Å². The zero-order chi connectivity index (χ0) is 21.7. The average Bonchev–Trinajstić information content (AvgIpc) is 3.10. The Hall–Kier alpha value is -3.13. The van der Waals surface area contributed by atoms with Gasteiger partial charge in [0.2, 0.25) is 11.8 Å². The van der Waals surface area contributed by atoms with Crippen molar-refractivity contribution in [2.45, 2.75) is 26.0 Å². The summed E-state index contributed by atoms with van der Waals surface area (Å²) < 4.78 is 11.4. The van der Waals surface area contributed by atoms with E-state index in [1.54, 1.807) is 24.4 Å². The number of ether oxygens (including phenoxy) is 2.